The van der Waals surface area contributed by atoms with Crippen LogP contribution < -0.4 is 20.1 Å². The van der Waals surface area contributed by atoms with Crippen molar-refractivity contribution >= 4 is 52.4 Å². The number of benzene rings is 3. The van der Waals surface area contributed by atoms with E-state index >= 15 is 0 Å². The first-order chi connectivity index (χ1) is 19.8. The molecule has 224 valence electrons. The van der Waals surface area contributed by atoms with Crippen molar-refractivity contribution in [2.24, 2.45) is 0 Å². The van der Waals surface area contributed by atoms with E-state index in [4.69, 9.17) is 44.3 Å². The summed E-state index contributed by atoms with van der Waals surface area (Å²) in [6, 6.07) is 14.5. The Morgan fingerprint density at radius 3 is 2.14 bits per heavy atom. The number of ether oxygens (including phenoxy) is 2. The van der Waals surface area contributed by atoms with Crippen LogP contribution >= 0.6 is 34.8 Å². The molecule has 0 heterocycles. The SMILES string of the molecule is COc1ccc(OC(CC(=O)N[C@@H](Cc2cccc(Cl)c2)C(=O)N[C@@H](C)C(=O)C(F)(F)F)c2ccc(Cl)c(Cl)c2)cc1. The summed E-state index contributed by atoms with van der Waals surface area (Å²) < 4.78 is 49.9. The monoisotopic (exact) mass is 644 g/mol. The molecule has 0 aliphatic heterocycles. The first-order valence-electron chi connectivity index (χ1n) is 12.5. The number of hydrogen-bond donors (Lipinski definition) is 2. The van der Waals surface area contributed by atoms with Gasteiger partial charge in [0, 0.05) is 11.4 Å². The summed E-state index contributed by atoms with van der Waals surface area (Å²) in [4.78, 5) is 38.0. The number of methoxy groups -OCH3 is 1. The van der Waals surface area contributed by atoms with Gasteiger partial charge in [0.25, 0.3) is 5.78 Å². The van der Waals surface area contributed by atoms with Crippen LogP contribution in [0.1, 0.15) is 30.6 Å². The van der Waals surface area contributed by atoms with Crippen molar-refractivity contribution in [3.8, 4) is 11.5 Å². The molecule has 0 radical (unpaired) electrons. The minimum atomic E-state index is -5.15. The molecular formula is C29H26Cl3F3N2O5. The first-order valence-corrected chi connectivity index (χ1v) is 13.6. The largest absolute Gasteiger partial charge is 0.497 e. The third kappa shape index (κ3) is 9.54. The number of carbonyl (C=O) groups excluding carboxylic acids is 3. The molecule has 0 aliphatic rings. The van der Waals surface area contributed by atoms with Crippen LogP contribution in [0.25, 0.3) is 0 Å². The molecule has 3 aromatic carbocycles. The van der Waals surface area contributed by atoms with E-state index in [2.05, 4.69) is 5.32 Å². The van der Waals surface area contributed by atoms with E-state index in [9.17, 15) is 27.6 Å². The van der Waals surface area contributed by atoms with Gasteiger partial charge >= 0.3 is 6.18 Å². The van der Waals surface area contributed by atoms with Gasteiger partial charge in [0.05, 0.1) is 29.6 Å². The van der Waals surface area contributed by atoms with Crippen LogP contribution in [0, 0.1) is 0 Å². The Morgan fingerprint density at radius 1 is 0.881 bits per heavy atom. The molecule has 0 fully saturated rings. The second-order valence-corrected chi connectivity index (χ2v) is 10.5. The lowest BCUT2D eigenvalue weighted by atomic mass is 10.0. The number of nitrogens with one attached hydrogen (secondary N) is 2. The van der Waals surface area contributed by atoms with Crippen molar-refractivity contribution in [1.29, 1.82) is 0 Å². The average molecular weight is 646 g/mol. The van der Waals surface area contributed by atoms with Crippen LogP contribution in [-0.4, -0.2) is 43.0 Å². The zero-order chi connectivity index (χ0) is 31.0. The highest BCUT2D eigenvalue weighted by Crippen LogP contribution is 2.31. The van der Waals surface area contributed by atoms with Crippen molar-refractivity contribution in [2.75, 3.05) is 7.11 Å². The number of ketones is 1. The van der Waals surface area contributed by atoms with Crippen molar-refractivity contribution in [3.05, 3.63) is 92.9 Å². The van der Waals surface area contributed by atoms with Crippen LogP contribution in [0.5, 0.6) is 11.5 Å². The van der Waals surface area contributed by atoms with E-state index in [0.29, 0.717) is 27.6 Å². The molecule has 3 atom stereocenters. The number of Topliss-reactive ketones (excluding diaryl/α,β-unsaturated/α-hetero) is 1. The smallest absolute Gasteiger partial charge is 0.452 e. The molecule has 0 saturated carbocycles. The van der Waals surface area contributed by atoms with Crippen LogP contribution in [0.2, 0.25) is 15.1 Å². The fraction of sp³-hybridized carbons (Fsp3) is 0.276. The molecule has 3 rings (SSSR count). The first kappa shape index (κ1) is 33.0. The summed E-state index contributed by atoms with van der Waals surface area (Å²) in [6.45, 7) is 0.912. The number of hydrogen-bond acceptors (Lipinski definition) is 5. The molecule has 1 unspecified atom stereocenters. The average Bonchev–Trinajstić information content (AvgIpc) is 2.93. The van der Waals surface area contributed by atoms with Gasteiger partial charge in [-0.15, -0.1) is 0 Å². The number of rotatable bonds is 12. The van der Waals surface area contributed by atoms with Gasteiger partial charge in [-0.2, -0.15) is 13.2 Å². The Kier molecular flexibility index (Phi) is 11.5. The number of halogens is 6. The zero-order valence-corrected chi connectivity index (χ0v) is 24.6. The van der Waals surface area contributed by atoms with Gasteiger partial charge in [-0.3, -0.25) is 14.4 Å². The van der Waals surface area contributed by atoms with Gasteiger partial charge in [-0.1, -0.05) is 53.0 Å². The van der Waals surface area contributed by atoms with E-state index in [1.54, 1.807) is 54.6 Å². The van der Waals surface area contributed by atoms with Crippen molar-refractivity contribution in [3.63, 3.8) is 0 Å². The molecule has 2 amide bonds. The molecule has 7 nitrogen and oxygen atoms in total. The maximum absolute atomic E-state index is 13.3. The van der Waals surface area contributed by atoms with E-state index < -0.39 is 42.0 Å². The van der Waals surface area contributed by atoms with Crippen molar-refractivity contribution in [1.82, 2.24) is 10.6 Å². The maximum atomic E-state index is 13.3. The topological polar surface area (TPSA) is 93.7 Å². The quantitative estimate of drug-likeness (QED) is 0.234. The number of carbonyl (C=O) groups is 3. The summed E-state index contributed by atoms with van der Waals surface area (Å²) in [6.07, 6.45) is -6.50. The van der Waals surface area contributed by atoms with Gasteiger partial charge in [0.1, 0.15) is 23.6 Å². The Bertz CT molecular complexity index is 1420. The molecule has 42 heavy (non-hydrogen) atoms. The Balaban J connectivity index is 1.85. The third-order valence-corrected chi connectivity index (χ3v) is 7.01. The summed E-state index contributed by atoms with van der Waals surface area (Å²) in [5, 5.41) is 5.46. The Hall–Kier alpha value is -3.47. The van der Waals surface area contributed by atoms with Crippen LogP contribution in [0.15, 0.2) is 66.7 Å². The normalized spacial score (nSPS) is 13.4. The minimum Gasteiger partial charge on any atom is -0.497 e. The molecule has 0 saturated heterocycles. The van der Waals surface area contributed by atoms with E-state index in [0.717, 1.165) is 6.92 Å². The van der Waals surface area contributed by atoms with E-state index in [-0.39, 0.29) is 22.9 Å². The van der Waals surface area contributed by atoms with Gasteiger partial charge in [0.15, 0.2) is 0 Å². The lowest BCUT2D eigenvalue weighted by Gasteiger charge is -2.24. The highest BCUT2D eigenvalue weighted by atomic mass is 35.5. The van der Waals surface area contributed by atoms with Gasteiger partial charge in [-0.25, -0.2) is 0 Å². The highest BCUT2D eigenvalue weighted by molar-refractivity contribution is 6.42. The lowest BCUT2D eigenvalue weighted by molar-refractivity contribution is -0.173. The van der Waals surface area contributed by atoms with Gasteiger partial charge in [0.2, 0.25) is 11.8 Å². The lowest BCUT2D eigenvalue weighted by Crippen LogP contribution is -2.53. The predicted octanol–water partition coefficient (Wildman–Crippen LogP) is 6.53. The van der Waals surface area contributed by atoms with Crippen LogP contribution in [0.3, 0.4) is 0 Å². The Morgan fingerprint density at radius 2 is 1.55 bits per heavy atom. The highest BCUT2D eigenvalue weighted by Gasteiger charge is 2.42. The van der Waals surface area contributed by atoms with Gasteiger partial charge < -0.3 is 20.1 Å². The summed E-state index contributed by atoms with van der Waals surface area (Å²) in [7, 11) is 1.51. The maximum Gasteiger partial charge on any atom is 0.452 e. The van der Waals surface area contributed by atoms with E-state index in [1.165, 1.54) is 19.2 Å². The minimum absolute atomic E-state index is 0.123. The molecule has 3 aromatic rings. The molecule has 0 aliphatic carbocycles. The summed E-state index contributed by atoms with van der Waals surface area (Å²) in [5.41, 5.74) is 1.02. The Labute approximate surface area is 255 Å². The summed E-state index contributed by atoms with van der Waals surface area (Å²) >= 11 is 18.3. The fourth-order valence-corrected chi connectivity index (χ4v) is 4.43. The third-order valence-electron chi connectivity index (χ3n) is 6.04. The molecular weight excluding hydrogens is 620 g/mol. The predicted molar refractivity (Wildman–Crippen MR) is 153 cm³/mol. The summed E-state index contributed by atoms with van der Waals surface area (Å²) in [5.74, 6) is -2.81. The molecule has 0 spiro atoms. The number of amides is 2. The molecule has 0 aromatic heterocycles. The second kappa shape index (κ2) is 14.6. The van der Waals surface area contributed by atoms with Gasteiger partial charge in [-0.05, 0) is 66.6 Å². The molecule has 2 N–H and O–H groups in total. The molecule has 13 heteroatoms. The van der Waals surface area contributed by atoms with Crippen molar-refractivity contribution < 1.29 is 37.0 Å². The standard InChI is InChI=1S/C29H26Cl3F3N2O5/c1-16(27(39)29(33,34)35)36-28(40)24(13-17-4-3-5-19(30)12-17)37-26(38)15-25(18-6-11-22(31)23(32)14-18)42-21-9-7-20(41-2)8-10-21/h3-12,14,16,24-25H,13,15H2,1-2H3,(H,36,40)(H,37,38)/t16-,24-,25?/m0/s1. The zero-order valence-electron chi connectivity index (χ0n) is 22.3. The van der Waals surface area contributed by atoms with Crippen LogP contribution in [0.4, 0.5) is 13.2 Å². The van der Waals surface area contributed by atoms with Crippen molar-refractivity contribution in [2.45, 2.75) is 44.1 Å². The fourth-order valence-electron chi connectivity index (χ4n) is 3.91. The van der Waals surface area contributed by atoms with E-state index in [1.807, 2.05) is 5.32 Å². The van der Waals surface area contributed by atoms with Crippen LogP contribution in [-0.2, 0) is 20.8 Å². The number of alkyl halides is 3. The molecule has 0 bridgehead atoms. The second-order valence-electron chi connectivity index (χ2n) is 9.21.